The van der Waals surface area contributed by atoms with Crippen molar-refractivity contribution in [3.63, 3.8) is 0 Å². The summed E-state index contributed by atoms with van der Waals surface area (Å²) in [6, 6.07) is 12.6. The van der Waals surface area contributed by atoms with E-state index in [4.69, 9.17) is 9.47 Å². The van der Waals surface area contributed by atoms with Crippen molar-refractivity contribution in [3.8, 4) is 5.75 Å². The van der Waals surface area contributed by atoms with E-state index in [1.807, 2.05) is 18.2 Å². The first-order valence-corrected chi connectivity index (χ1v) is 9.76. The molecule has 0 aliphatic rings. The zero-order valence-corrected chi connectivity index (χ0v) is 16.3. The van der Waals surface area contributed by atoms with Crippen molar-refractivity contribution in [2.24, 2.45) is 0 Å². The minimum Gasteiger partial charge on any atom is -0.462 e. The van der Waals surface area contributed by atoms with Crippen LogP contribution in [0.5, 0.6) is 5.75 Å². The number of fused-ring (bicyclic) bond motifs is 2. The number of carbonyl (C=O) groups excluding carboxylic acids is 2. The molecule has 0 spiro atoms. The number of esters is 2. The summed E-state index contributed by atoms with van der Waals surface area (Å²) in [5.41, 5.74) is 0.281. The monoisotopic (exact) mass is 396 g/mol. The van der Waals surface area contributed by atoms with Crippen LogP contribution >= 0.6 is 11.3 Å². The molecule has 0 unspecified atom stereocenters. The topological polar surface area (TPSA) is 69.7 Å². The number of carbonyl (C=O) groups is 2. The highest BCUT2D eigenvalue weighted by Gasteiger charge is 2.10. The van der Waals surface area contributed by atoms with Crippen molar-refractivity contribution in [2.45, 2.75) is 26.2 Å². The maximum absolute atomic E-state index is 12.7. The highest BCUT2D eigenvalue weighted by Crippen LogP contribution is 2.27. The van der Waals surface area contributed by atoms with Crippen molar-refractivity contribution in [1.82, 2.24) is 0 Å². The Balaban J connectivity index is 1.61. The lowest BCUT2D eigenvalue weighted by Gasteiger charge is -2.07. The molecule has 5 nitrogen and oxygen atoms in total. The number of hydrogen-bond acceptors (Lipinski definition) is 6. The molecular weight excluding hydrogens is 376 g/mol. The van der Waals surface area contributed by atoms with E-state index in [1.54, 1.807) is 31.2 Å². The molecule has 0 N–H and O–H groups in total. The van der Waals surface area contributed by atoms with Gasteiger partial charge in [0.15, 0.2) is 5.43 Å². The summed E-state index contributed by atoms with van der Waals surface area (Å²) in [5.74, 6) is -0.464. The number of ether oxygens (including phenoxy) is 2. The number of unbranched alkanes of at least 4 members (excludes halogenated alkanes) is 1. The van der Waals surface area contributed by atoms with E-state index in [9.17, 15) is 14.4 Å². The predicted molar refractivity (Wildman–Crippen MR) is 111 cm³/mol. The van der Waals surface area contributed by atoms with Gasteiger partial charge in [-0.25, -0.2) is 4.79 Å². The first-order chi connectivity index (χ1) is 13.5. The van der Waals surface area contributed by atoms with Crippen LogP contribution in [0.25, 0.3) is 20.2 Å². The second-order valence-electron chi connectivity index (χ2n) is 6.43. The van der Waals surface area contributed by atoms with Gasteiger partial charge >= 0.3 is 11.9 Å². The summed E-state index contributed by atoms with van der Waals surface area (Å²) in [5, 5.41) is 1.20. The minimum absolute atomic E-state index is 0.0680. The van der Waals surface area contributed by atoms with Crippen LogP contribution in [-0.4, -0.2) is 18.5 Å². The van der Waals surface area contributed by atoms with Crippen LogP contribution in [0.2, 0.25) is 0 Å². The van der Waals surface area contributed by atoms with E-state index in [-0.39, 0.29) is 24.4 Å². The van der Waals surface area contributed by atoms with Crippen molar-refractivity contribution in [3.05, 3.63) is 64.8 Å². The molecule has 1 aromatic heterocycles. The molecule has 1 heterocycles. The van der Waals surface area contributed by atoms with Gasteiger partial charge in [0, 0.05) is 32.2 Å². The molecule has 0 saturated carbocycles. The second-order valence-corrected chi connectivity index (χ2v) is 7.52. The molecule has 0 saturated heterocycles. The maximum atomic E-state index is 12.7. The van der Waals surface area contributed by atoms with Crippen LogP contribution in [0.15, 0.2) is 59.4 Å². The highest BCUT2D eigenvalue weighted by molar-refractivity contribution is 7.24. The van der Waals surface area contributed by atoms with Gasteiger partial charge in [-0.3, -0.25) is 9.59 Å². The Hall–Kier alpha value is -2.99. The third-order valence-corrected chi connectivity index (χ3v) is 5.29. The predicted octanol–water partition coefficient (Wildman–Crippen LogP) is 4.61. The van der Waals surface area contributed by atoms with E-state index >= 15 is 0 Å². The molecule has 3 rings (SSSR count). The molecule has 0 fully saturated rings. The largest absolute Gasteiger partial charge is 0.462 e. The molecule has 0 aliphatic heterocycles. The smallest absolute Gasteiger partial charge is 0.333 e. The summed E-state index contributed by atoms with van der Waals surface area (Å²) in [6.07, 6.45) is 1.30. The molecule has 2 aromatic carbocycles. The Kier molecular flexibility index (Phi) is 6.21. The van der Waals surface area contributed by atoms with Gasteiger partial charge in [-0.1, -0.05) is 18.7 Å². The lowest BCUT2D eigenvalue weighted by Crippen LogP contribution is -2.10. The first-order valence-electron chi connectivity index (χ1n) is 8.94. The standard InChI is InChI=1S/C22H20O5S/c1-14(2)22(25)26-12-6-5-9-20(23)27-15-10-11-19-17(13-15)21(24)16-7-3-4-8-18(16)28-19/h3-4,7-8,10-11,13H,1,5-6,9,12H2,2H3. The summed E-state index contributed by atoms with van der Waals surface area (Å²) in [7, 11) is 0. The molecule has 28 heavy (non-hydrogen) atoms. The Bertz CT molecular complexity index is 1110. The van der Waals surface area contributed by atoms with Crippen LogP contribution in [0.1, 0.15) is 26.2 Å². The van der Waals surface area contributed by atoms with E-state index < -0.39 is 5.97 Å². The zero-order chi connectivity index (χ0) is 20.1. The van der Waals surface area contributed by atoms with Gasteiger partial charge in [0.25, 0.3) is 0 Å². The average Bonchev–Trinajstić information content (AvgIpc) is 2.68. The third-order valence-electron chi connectivity index (χ3n) is 4.14. The van der Waals surface area contributed by atoms with Crippen molar-refractivity contribution < 1.29 is 19.1 Å². The Labute approximate surface area is 166 Å². The average molecular weight is 396 g/mol. The van der Waals surface area contributed by atoms with Crippen LogP contribution in [0.4, 0.5) is 0 Å². The molecule has 144 valence electrons. The fraction of sp³-hybridized carbons (Fsp3) is 0.227. The number of benzene rings is 2. The molecule has 3 aromatic rings. The molecule has 0 bridgehead atoms. The fourth-order valence-corrected chi connectivity index (χ4v) is 3.74. The van der Waals surface area contributed by atoms with Crippen molar-refractivity contribution >= 4 is 43.4 Å². The second kappa shape index (κ2) is 8.80. The quantitative estimate of drug-likeness (QED) is 0.192. The molecular formula is C22H20O5S. The summed E-state index contributed by atoms with van der Waals surface area (Å²) in [4.78, 5) is 36.0. The van der Waals surface area contributed by atoms with Gasteiger partial charge in [-0.15, -0.1) is 11.3 Å². The van der Waals surface area contributed by atoms with Crippen LogP contribution in [-0.2, 0) is 14.3 Å². The Morgan fingerprint density at radius 1 is 1.04 bits per heavy atom. The Morgan fingerprint density at radius 2 is 1.79 bits per heavy atom. The Morgan fingerprint density at radius 3 is 2.57 bits per heavy atom. The van der Waals surface area contributed by atoms with Crippen LogP contribution in [0, 0.1) is 0 Å². The molecule has 0 amide bonds. The van der Waals surface area contributed by atoms with Crippen LogP contribution < -0.4 is 10.2 Å². The van der Waals surface area contributed by atoms with Gasteiger partial charge in [0.2, 0.25) is 0 Å². The number of rotatable bonds is 7. The SMILES string of the molecule is C=C(C)C(=O)OCCCCC(=O)Oc1ccc2sc3ccccc3c(=O)c2c1. The maximum Gasteiger partial charge on any atom is 0.333 e. The van der Waals surface area contributed by atoms with Gasteiger partial charge < -0.3 is 9.47 Å². The van der Waals surface area contributed by atoms with E-state index in [1.165, 1.54) is 11.3 Å². The van der Waals surface area contributed by atoms with Gasteiger partial charge in [0.05, 0.1) is 6.61 Å². The lowest BCUT2D eigenvalue weighted by atomic mass is 10.2. The third kappa shape index (κ3) is 4.64. The van der Waals surface area contributed by atoms with Gasteiger partial charge in [-0.2, -0.15) is 0 Å². The van der Waals surface area contributed by atoms with Crippen LogP contribution in [0.3, 0.4) is 0 Å². The fourth-order valence-electron chi connectivity index (χ4n) is 2.69. The highest BCUT2D eigenvalue weighted by atomic mass is 32.1. The minimum atomic E-state index is -0.430. The van der Waals surface area contributed by atoms with E-state index in [0.29, 0.717) is 34.9 Å². The summed E-state index contributed by atoms with van der Waals surface area (Å²) < 4.78 is 12.1. The lowest BCUT2D eigenvalue weighted by molar-refractivity contribution is -0.139. The molecule has 6 heteroatoms. The van der Waals surface area contributed by atoms with Gasteiger partial charge in [-0.05, 0) is 50.1 Å². The summed E-state index contributed by atoms with van der Waals surface area (Å²) >= 11 is 1.53. The molecule has 0 aliphatic carbocycles. The normalized spacial score (nSPS) is 10.8. The van der Waals surface area contributed by atoms with E-state index in [0.717, 1.165) is 9.40 Å². The summed E-state index contributed by atoms with van der Waals surface area (Å²) in [6.45, 7) is 5.33. The molecule has 0 radical (unpaired) electrons. The number of hydrogen-bond donors (Lipinski definition) is 0. The van der Waals surface area contributed by atoms with Crippen molar-refractivity contribution in [2.75, 3.05) is 6.61 Å². The van der Waals surface area contributed by atoms with Crippen molar-refractivity contribution in [1.29, 1.82) is 0 Å². The van der Waals surface area contributed by atoms with E-state index in [2.05, 4.69) is 6.58 Å². The van der Waals surface area contributed by atoms with Gasteiger partial charge in [0.1, 0.15) is 5.75 Å². The molecule has 0 atom stereocenters. The zero-order valence-electron chi connectivity index (χ0n) is 15.5. The first kappa shape index (κ1) is 19.8.